The van der Waals surface area contributed by atoms with Crippen LogP contribution in [-0.2, 0) is 26.1 Å². The molecular weight excluding hydrogens is 346 g/mol. The number of hydrogen-bond acceptors (Lipinski definition) is 5. The molecule has 136 valence electrons. The molecule has 0 bridgehead atoms. The second-order valence-electron chi connectivity index (χ2n) is 6.43. The van der Waals surface area contributed by atoms with Crippen LogP contribution in [0.5, 0.6) is 0 Å². The zero-order valence-corrected chi connectivity index (χ0v) is 16.0. The van der Waals surface area contributed by atoms with Crippen molar-refractivity contribution >= 4 is 19.7 Å². The highest BCUT2D eigenvalue weighted by Gasteiger charge is 2.45. The fraction of sp³-hybridized carbons (Fsp3) is 0.647. The summed E-state index contributed by atoms with van der Waals surface area (Å²) in [5, 5.41) is 2.26. The highest BCUT2D eigenvalue weighted by Crippen LogP contribution is 2.26. The Bertz CT molecular complexity index is 739. The average Bonchev–Trinajstić information content (AvgIpc) is 2.87. The molecule has 1 N–H and O–H groups in total. The van der Waals surface area contributed by atoms with E-state index in [0.29, 0.717) is 6.54 Å². The lowest BCUT2D eigenvalue weighted by atomic mass is 10.2. The minimum absolute atomic E-state index is 0.101. The smallest absolute Gasteiger partial charge is 0.183 e. The molecule has 0 aliphatic carbocycles. The molecule has 1 aliphatic rings. The first-order valence-corrected chi connectivity index (χ1v) is 11.9. The van der Waals surface area contributed by atoms with E-state index >= 15 is 0 Å². The van der Waals surface area contributed by atoms with Gasteiger partial charge < -0.3 is 5.32 Å². The molecule has 0 unspecified atom stereocenters. The Labute approximate surface area is 145 Å². The van der Waals surface area contributed by atoms with Crippen LogP contribution in [0.1, 0.15) is 38.7 Å². The number of nitrogens with one attached hydrogen (secondary N) is 1. The van der Waals surface area contributed by atoms with Crippen molar-refractivity contribution in [2.45, 2.75) is 55.7 Å². The topological polar surface area (TPSA) is 80.3 Å². The molecule has 7 heteroatoms. The van der Waals surface area contributed by atoms with Gasteiger partial charge in [-0.1, -0.05) is 38.8 Å². The molecule has 1 heterocycles. The van der Waals surface area contributed by atoms with E-state index in [2.05, 4.69) is 12.2 Å². The zero-order valence-electron chi connectivity index (χ0n) is 14.4. The van der Waals surface area contributed by atoms with Crippen LogP contribution in [0.3, 0.4) is 0 Å². The molecule has 0 amide bonds. The summed E-state index contributed by atoms with van der Waals surface area (Å²) in [6.45, 7) is 4.74. The van der Waals surface area contributed by atoms with Gasteiger partial charge in [0, 0.05) is 6.04 Å². The van der Waals surface area contributed by atoms with E-state index in [-0.39, 0.29) is 16.4 Å². The van der Waals surface area contributed by atoms with Crippen molar-refractivity contribution in [1.29, 1.82) is 0 Å². The third kappa shape index (κ3) is 4.58. The molecule has 1 saturated heterocycles. The third-order valence-corrected chi connectivity index (χ3v) is 8.71. The lowest BCUT2D eigenvalue weighted by Gasteiger charge is -2.20. The summed E-state index contributed by atoms with van der Waals surface area (Å²) in [5.74, 6) is -0.396. The van der Waals surface area contributed by atoms with Gasteiger partial charge in [0.05, 0.1) is 21.7 Å². The second kappa shape index (κ2) is 7.97. The minimum atomic E-state index is -3.67. The normalized spacial score (nSPS) is 23.4. The Morgan fingerprint density at radius 1 is 1.08 bits per heavy atom. The van der Waals surface area contributed by atoms with Gasteiger partial charge in [-0.05, 0) is 37.1 Å². The summed E-state index contributed by atoms with van der Waals surface area (Å²) in [7, 11) is -7.00. The van der Waals surface area contributed by atoms with E-state index in [1.807, 2.05) is 6.92 Å². The molecule has 24 heavy (non-hydrogen) atoms. The third-order valence-electron chi connectivity index (χ3n) is 4.55. The number of unbranched alkanes of at least 4 members (excludes halogenated alkanes) is 2. The van der Waals surface area contributed by atoms with Gasteiger partial charge in [0.1, 0.15) is 0 Å². The molecule has 0 saturated carbocycles. The second-order valence-corrected chi connectivity index (χ2v) is 10.7. The molecule has 5 nitrogen and oxygen atoms in total. The van der Waals surface area contributed by atoms with Crippen LogP contribution in [-0.4, -0.2) is 46.2 Å². The first kappa shape index (κ1) is 19.4. The summed E-state index contributed by atoms with van der Waals surface area (Å²) >= 11 is 0. The van der Waals surface area contributed by atoms with E-state index < -0.39 is 31.0 Å². The van der Waals surface area contributed by atoms with Crippen molar-refractivity contribution in [3.8, 4) is 0 Å². The van der Waals surface area contributed by atoms with Gasteiger partial charge >= 0.3 is 0 Å². The highest BCUT2D eigenvalue weighted by molar-refractivity contribution is 7.96. The van der Waals surface area contributed by atoms with Crippen molar-refractivity contribution < 1.29 is 16.8 Å². The van der Waals surface area contributed by atoms with Gasteiger partial charge in [-0.2, -0.15) is 0 Å². The van der Waals surface area contributed by atoms with Crippen molar-refractivity contribution in [3.05, 3.63) is 29.8 Å². The predicted octanol–water partition coefficient (Wildman–Crippen LogP) is 1.97. The molecule has 0 spiro atoms. The number of aryl methyl sites for hydroxylation is 1. The minimum Gasteiger partial charge on any atom is -0.312 e. The molecule has 1 aromatic rings. The molecule has 0 aromatic heterocycles. The van der Waals surface area contributed by atoms with Gasteiger partial charge in [0.15, 0.2) is 19.7 Å². The van der Waals surface area contributed by atoms with Crippen molar-refractivity contribution in [3.63, 3.8) is 0 Å². The Balaban J connectivity index is 2.20. The SMILES string of the molecule is CCCCCN[C@H]1CS(=O)(=O)C[C@@H]1S(=O)(=O)c1ccc(CC)cc1. The number of hydrogen-bond donors (Lipinski definition) is 1. The number of sulfone groups is 2. The Hall–Kier alpha value is -0.920. The van der Waals surface area contributed by atoms with Crippen LogP contribution in [0.2, 0.25) is 0 Å². The summed E-state index contributed by atoms with van der Waals surface area (Å²) in [4.78, 5) is 0.210. The van der Waals surface area contributed by atoms with Gasteiger partial charge in [0.2, 0.25) is 0 Å². The summed E-state index contributed by atoms with van der Waals surface area (Å²) in [5.41, 5.74) is 1.06. The van der Waals surface area contributed by atoms with Crippen LogP contribution in [0.4, 0.5) is 0 Å². The van der Waals surface area contributed by atoms with Gasteiger partial charge in [-0.3, -0.25) is 0 Å². The molecule has 1 aromatic carbocycles. The first-order valence-electron chi connectivity index (χ1n) is 8.57. The Kier molecular flexibility index (Phi) is 6.45. The van der Waals surface area contributed by atoms with E-state index in [0.717, 1.165) is 31.2 Å². The van der Waals surface area contributed by atoms with Gasteiger partial charge in [0.25, 0.3) is 0 Å². The highest BCUT2D eigenvalue weighted by atomic mass is 32.2. The molecule has 2 atom stereocenters. The van der Waals surface area contributed by atoms with Crippen LogP contribution < -0.4 is 5.32 Å². The predicted molar refractivity (Wildman–Crippen MR) is 96.8 cm³/mol. The first-order chi connectivity index (χ1) is 11.3. The van der Waals surface area contributed by atoms with Crippen LogP contribution in [0.15, 0.2) is 29.2 Å². The van der Waals surface area contributed by atoms with E-state index in [1.54, 1.807) is 24.3 Å². The van der Waals surface area contributed by atoms with Gasteiger partial charge in [-0.15, -0.1) is 0 Å². The maximum atomic E-state index is 12.9. The van der Waals surface area contributed by atoms with Crippen LogP contribution in [0.25, 0.3) is 0 Å². The monoisotopic (exact) mass is 373 g/mol. The van der Waals surface area contributed by atoms with Gasteiger partial charge in [-0.25, -0.2) is 16.8 Å². The molecule has 1 aliphatic heterocycles. The fourth-order valence-electron chi connectivity index (χ4n) is 3.06. The fourth-order valence-corrected chi connectivity index (χ4v) is 7.78. The lowest BCUT2D eigenvalue weighted by Crippen LogP contribution is -2.43. The summed E-state index contributed by atoms with van der Waals surface area (Å²) in [6, 6.07) is 6.24. The summed E-state index contributed by atoms with van der Waals surface area (Å²) < 4.78 is 49.9. The molecule has 0 radical (unpaired) electrons. The standard InChI is InChI=1S/C17H27NO4S2/c1-3-5-6-11-18-16-12-23(19,20)13-17(16)24(21,22)15-9-7-14(4-2)8-10-15/h7-10,16-18H,3-6,11-13H2,1-2H3/t16-,17-/m0/s1. The average molecular weight is 374 g/mol. The van der Waals surface area contributed by atoms with Crippen LogP contribution >= 0.6 is 0 Å². The van der Waals surface area contributed by atoms with Crippen molar-refractivity contribution in [1.82, 2.24) is 5.32 Å². The molecule has 1 fully saturated rings. The molecular formula is C17H27NO4S2. The quantitative estimate of drug-likeness (QED) is 0.705. The largest absolute Gasteiger partial charge is 0.312 e. The zero-order chi connectivity index (χ0) is 17.8. The van der Waals surface area contributed by atoms with Crippen molar-refractivity contribution in [2.24, 2.45) is 0 Å². The lowest BCUT2D eigenvalue weighted by molar-refractivity contribution is 0.513. The molecule has 2 rings (SSSR count). The van der Waals surface area contributed by atoms with Crippen molar-refractivity contribution in [2.75, 3.05) is 18.1 Å². The number of rotatable bonds is 8. The Morgan fingerprint density at radius 3 is 2.33 bits per heavy atom. The maximum Gasteiger partial charge on any atom is 0.183 e. The maximum absolute atomic E-state index is 12.9. The van der Waals surface area contributed by atoms with E-state index in [1.165, 1.54) is 0 Å². The van der Waals surface area contributed by atoms with E-state index in [4.69, 9.17) is 0 Å². The number of benzene rings is 1. The summed E-state index contributed by atoms with van der Waals surface area (Å²) in [6.07, 6.45) is 3.86. The Morgan fingerprint density at radius 2 is 1.75 bits per heavy atom. The van der Waals surface area contributed by atoms with E-state index in [9.17, 15) is 16.8 Å². The van der Waals surface area contributed by atoms with Crippen LogP contribution in [0, 0.1) is 0 Å².